The predicted molar refractivity (Wildman–Crippen MR) is 140 cm³/mol. The van der Waals surface area contributed by atoms with Crippen LogP contribution in [0.2, 0.25) is 0 Å². The van der Waals surface area contributed by atoms with Crippen LogP contribution in [0, 0.1) is 5.92 Å². The van der Waals surface area contributed by atoms with Crippen LogP contribution < -0.4 is 28.7 Å². The summed E-state index contributed by atoms with van der Waals surface area (Å²) in [6.07, 6.45) is -18.8. The summed E-state index contributed by atoms with van der Waals surface area (Å²) in [6.45, 7) is 0.834. The molecule has 3 heterocycles. The fourth-order valence-corrected chi connectivity index (χ4v) is 5.94. The van der Waals surface area contributed by atoms with Gasteiger partial charge in [0.2, 0.25) is 0 Å². The lowest BCUT2D eigenvalue weighted by Crippen LogP contribution is -2.66. The van der Waals surface area contributed by atoms with Gasteiger partial charge < -0.3 is 92.8 Å². The van der Waals surface area contributed by atoms with E-state index in [1.807, 2.05) is 0 Å². The third-order valence-corrected chi connectivity index (χ3v) is 8.62. The van der Waals surface area contributed by atoms with Crippen LogP contribution in [-0.2, 0) is 28.4 Å². The first kappa shape index (κ1) is 34.2. The highest BCUT2D eigenvalue weighted by atomic mass is 16.8. The van der Waals surface area contributed by atoms with Gasteiger partial charge in [0.05, 0.1) is 24.8 Å². The van der Waals surface area contributed by atoms with Gasteiger partial charge in [-0.1, -0.05) is 6.92 Å². The minimum atomic E-state index is -1.56. The molecule has 19 atom stereocenters. The second kappa shape index (κ2) is 14.1. The Morgan fingerprint density at radius 3 is 1.52 bits per heavy atom. The van der Waals surface area contributed by atoms with Crippen LogP contribution in [0.1, 0.15) is 13.3 Å². The molecule has 0 bridgehead atoms. The minimum absolute atomic E-state index is 0.135. The number of ether oxygens (including phenoxy) is 6. The first-order chi connectivity index (χ1) is 19.8. The zero-order chi connectivity index (χ0) is 31.0. The lowest BCUT2D eigenvalue weighted by atomic mass is 9.80. The van der Waals surface area contributed by atoms with Crippen molar-refractivity contribution in [1.82, 2.24) is 0 Å². The molecule has 0 spiro atoms. The Labute approximate surface area is 242 Å². The second-order valence-electron chi connectivity index (χ2n) is 11.6. The van der Waals surface area contributed by atoms with Crippen LogP contribution in [0.3, 0.4) is 0 Å². The Morgan fingerprint density at radius 2 is 1.05 bits per heavy atom. The normalized spacial score (nSPS) is 53.8. The molecule has 4 aliphatic rings. The molecule has 0 aromatic rings. The summed E-state index contributed by atoms with van der Waals surface area (Å²) in [5.41, 5.74) is 29.7. The zero-order valence-corrected chi connectivity index (χ0v) is 23.3. The Bertz CT molecular complexity index is 866. The summed E-state index contributed by atoms with van der Waals surface area (Å²) in [7, 11) is 0. The lowest BCUT2D eigenvalue weighted by Gasteiger charge is -2.47. The van der Waals surface area contributed by atoms with Gasteiger partial charge in [-0.2, -0.15) is 0 Å². The maximum atomic E-state index is 11.1. The Kier molecular flexibility index (Phi) is 11.5. The molecule has 0 aromatic carbocycles. The van der Waals surface area contributed by atoms with Gasteiger partial charge >= 0.3 is 0 Å². The molecule has 4 fully saturated rings. The summed E-state index contributed by atoms with van der Waals surface area (Å²) in [5, 5.41) is 73.2. The molecule has 18 heteroatoms. The molecular formula is C24H47N5O13. The maximum Gasteiger partial charge on any atom is 0.187 e. The van der Waals surface area contributed by atoms with Gasteiger partial charge in [0.25, 0.3) is 0 Å². The van der Waals surface area contributed by atoms with Gasteiger partial charge in [-0.25, -0.2) is 0 Å². The topological polar surface area (TPSA) is 327 Å². The smallest absolute Gasteiger partial charge is 0.187 e. The van der Waals surface area contributed by atoms with Crippen LogP contribution in [0.25, 0.3) is 0 Å². The molecular weight excluding hydrogens is 566 g/mol. The van der Waals surface area contributed by atoms with Crippen molar-refractivity contribution in [3.8, 4) is 0 Å². The summed E-state index contributed by atoms with van der Waals surface area (Å²) in [6, 6.07) is -3.14. The summed E-state index contributed by atoms with van der Waals surface area (Å²) < 4.78 is 34.9. The van der Waals surface area contributed by atoms with Gasteiger partial charge in [-0.05, 0) is 12.3 Å². The number of hydrogen-bond acceptors (Lipinski definition) is 18. The number of nitrogens with two attached hydrogens (primary N) is 5. The highest BCUT2D eigenvalue weighted by Gasteiger charge is 2.54. The van der Waals surface area contributed by atoms with Crippen molar-refractivity contribution in [3.63, 3.8) is 0 Å². The van der Waals surface area contributed by atoms with Crippen molar-refractivity contribution < 1.29 is 64.2 Å². The van der Waals surface area contributed by atoms with Crippen molar-refractivity contribution in [2.75, 3.05) is 19.7 Å². The van der Waals surface area contributed by atoms with Crippen LogP contribution in [-0.4, -0.2) is 166 Å². The second-order valence-corrected chi connectivity index (χ2v) is 11.6. The predicted octanol–water partition coefficient (Wildman–Crippen LogP) is -7.59. The molecule has 1 aliphatic carbocycles. The van der Waals surface area contributed by atoms with E-state index in [1.165, 1.54) is 0 Å². The molecule has 18 nitrogen and oxygen atoms in total. The standard InChI is InChI=1S/C24H47N5O13/c1-6-2-7(27)19(40-22-11(28)16(34)14(32)8(3-25)37-22)21(13(6)31)42-24-18(36)20(10(5-30)39-24)41-23-12(29)17(35)15(33)9(4-26)38-23/h6-24,30-36H,2-5,25-29H2,1H3/t6-,7+,8-,9-,10-,11-,12-,13+,14-,15-,16-,17-,18-,19-,20-,21+,22-,23-,24+/m1/s1. The summed E-state index contributed by atoms with van der Waals surface area (Å²) in [4.78, 5) is 0. The molecule has 4 rings (SSSR count). The van der Waals surface area contributed by atoms with Gasteiger partial charge in [0, 0.05) is 19.1 Å². The quantitative estimate of drug-likeness (QED) is 0.115. The lowest BCUT2D eigenvalue weighted by molar-refractivity contribution is -0.309. The fourth-order valence-electron chi connectivity index (χ4n) is 5.94. The van der Waals surface area contributed by atoms with Crippen LogP contribution in [0.4, 0.5) is 0 Å². The van der Waals surface area contributed by atoms with Gasteiger partial charge in [0.15, 0.2) is 18.9 Å². The average molecular weight is 614 g/mol. The van der Waals surface area contributed by atoms with E-state index in [0.717, 1.165) is 0 Å². The Balaban J connectivity index is 1.50. The van der Waals surface area contributed by atoms with Crippen LogP contribution in [0.5, 0.6) is 0 Å². The molecule has 1 saturated carbocycles. The Hall–Kier alpha value is -0.720. The van der Waals surface area contributed by atoms with Crippen LogP contribution in [0.15, 0.2) is 0 Å². The molecule has 0 amide bonds. The summed E-state index contributed by atoms with van der Waals surface area (Å²) >= 11 is 0. The third kappa shape index (κ3) is 6.62. The maximum absolute atomic E-state index is 11.1. The molecule has 3 saturated heterocycles. The third-order valence-electron chi connectivity index (χ3n) is 8.62. The van der Waals surface area contributed by atoms with Crippen molar-refractivity contribution >= 4 is 0 Å². The average Bonchev–Trinajstić information content (AvgIpc) is 3.27. The van der Waals surface area contributed by atoms with Gasteiger partial charge in [0.1, 0.15) is 67.1 Å². The largest absolute Gasteiger partial charge is 0.394 e. The first-order valence-corrected chi connectivity index (χ1v) is 14.1. The molecule has 0 radical (unpaired) electrons. The number of aliphatic hydroxyl groups is 7. The molecule has 3 aliphatic heterocycles. The number of hydrogen-bond donors (Lipinski definition) is 12. The van der Waals surface area contributed by atoms with E-state index in [1.54, 1.807) is 6.92 Å². The highest BCUT2D eigenvalue weighted by molar-refractivity contribution is 5.00. The number of aliphatic hydroxyl groups excluding tert-OH is 7. The van der Waals surface area contributed by atoms with E-state index in [4.69, 9.17) is 57.1 Å². The summed E-state index contributed by atoms with van der Waals surface area (Å²) in [5.74, 6) is -0.371. The van der Waals surface area contributed by atoms with E-state index in [2.05, 4.69) is 0 Å². The van der Waals surface area contributed by atoms with Gasteiger partial charge in [-0.15, -0.1) is 0 Å². The van der Waals surface area contributed by atoms with Crippen molar-refractivity contribution in [2.45, 2.75) is 124 Å². The van der Waals surface area contributed by atoms with Crippen LogP contribution >= 0.6 is 0 Å². The molecule has 0 aromatic heterocycles. The zero-order valence-electron chi connectivity index (χ0n) is 23.3. The van der Waals surface area contributed by atoms with E-state index < -0.39 is 117 Å². The van der Waals surface area contributed by atoms with Crippen molar-refractivity contribution in [3.05, 3.63) is 0 Å². The van der Waals surface area contributed by atoms with Gasteiger partial charge in [-0.3, -0.25) is 0 Å². The van der Waals surface area contributed by atoms with Crippen molar-refractivity contribution in [2.24, 2.45) is 34.6 Å². The first-order valence-electron chi connectivity index (χ1n) is 14.1. The SMILES string of the molecule is C[C@@H]1C[C@H](N)[C@@H](O[C@H]2O[C@H](CN)[C@@H](O)[C@H](O)[C@H]2N)[C@@H](O[C@@H]2O[C@H](CO)[C@@H](O[C@H]3O[C@H](CN)[C@@H](O)[C@H](O)[C@H]3N)[C@H]2O)[C@H]1O. The Morgan fingerprint density at radius 1 is 0.595 bits per heavy atom. The number of rotatable bonds is 9. The van der Waals surface area contributed by atoms with E-state index in [9.17, 15) is 35.7 Å². The van der Waals surface area contributed by atoms with E-state index >= 15 is 0 Å². The van der Waals surface area contributed by atoms with E-state index in [-0.39, 0.29) is 19.0 Å². The molecule has 0 unspecified atom stereocenters. The fraction of sp³-hybridized carbons (Fsp3) is 1.00. The van der Waals surface area contributed by atoms with E-state index in [0.29, 0.717) is 6.42 Å². The monoisotopic (exact) mass is 613 g/mol. The molecule has 17 N–H and O–H groups in total. The minimum Gasteiger partial charge on any atom is -0.394 e. The molecule has 246 valence electrons. The van der Waals surface area contributed by atoms with Crippen molar-refractivity contribution in [1.29, 1.82) is 0 Å². The highest BCUT2D eigenvalue weighted by Crippen LogP contribution is 2.36. The molecule has 42 heavy (non-hydrogen) atoms.